The molecule has 40 heavy (non-hydrogen) atoms. The van der Waals surface area contributed by atoms with Crippen LogP contribution in [0.15, 0.2) is 103 Å². The van der Waals surface area contributed by atoms with Crippen molar-refractivity contribution in [2.24, 2.45) is 0 Å². The number of benzene rings is 4. The largest absolute Gasteiger partial charge is 3.00 e. The van der Waals surface area contributed by atoms with Crippen molar-refractivity contribution in [3.63, 3.8) is 0 Å². The van der Waals surface area contributed by atoms with Crippen molar-refractivity contribution < 1.29 is 28.3 Å². The molecule has 0 aliphatic carbocycles. The third-order valence-electron chi connectivity index (χ3n) is 6.20. The van der Waals surface area contributed by atoms with Crippen molar-refractivity contribution in [2.45, 2.75) is 52.6 Å². The van der Waals surface area contributed by atoms with Crippen LogP contribution in [0.3, 0.4) is 0 Å². The fourth-order valence-corrected chi connectivity index (χ4v) is 5.73. The van der Waals surface area contributed by atoms with E-state index in [-0.39, 0.29) is 25.7 Å². The first-order valence-electron chi connectivity index (χ1n) is 16.1. The number of aryl methyl sites for hydroxylation is 1. The Kier molecular flexibility index (Phi) is 8.55. The second kappa shape index (κ2) is 14.5. The Hall–Kier alpha value is -3.10. The summed E-state index contributed by atoms with van der Waals surface area (Å²) in [7, 11) is -1.61. The fraction of sp³-hybridized carbons (Fsp3) is 0.216. The molecule has 1 nitrogen and oxygen atoms in total. The van der Waals surface area contributed by atoms with Gasteiger partial charge >= 0.3 is 20.1 Å². The molecule has 0 N–H and O–H groups in total. The van der Waals surface area contributed by atoms with Crippen LogP contribution >= 0.6 is 0 Å². The third kappa shape index (κ3) is 8.70. The number of aromatic nitrogens is 1. The summed E-state index contributed by atoms with van der Waals surface area (Å²) < 4.78 is 47.6. The third-order valence-corrected chi connectivity index (χ3v) is 8.22. The minimum atomic E-state index is -2.13. The molecular formula is C37H38IrNSi. The molecule has 0 amide bonds. The molecule has 5 aromatic rings. The standard InChI is InChI=1S/C19H14.C18H24NSi.Ir/c1-3-8-16(9-4-1)14-17-10-7-13-19(15-17)18-11-5-2-6-12-18;1-13(2)16-11-17(15-9-7-14(3)8-10-15)19-12-18(16)20(4,5)6;/h1-11,15H,14H2;7-9,11-13H,1-6H3;/q-2;-1;+3/i14D2;3D3,13D;. The van der Waals surface area contributed by atoms with E-state index >= 15 is 0 Å². The van der Waals surface area contributed by atoms with Crippen LogP contribution in [0.2, 0.25) is 19.6 Å². The van der Waals surface area contributed by atoms with Crippen molar-refractivity contribution in [3.05, 3.63) is 144 Å². The van der Waals surface area contributed by atoms with Crippen molar-refractivity contribution in [3.8, 4) is 22.4 Å². The van der Waals surface area contributed by atoms with Gasteiger partial charge in [0.05, 0.1) is 8.07 Å². The molecule has 4 aromatic carbocycles. The molecule has 0 bridgehead atoms. The molecule has 1 heterocycles. The van der Waals surface area contributed by atoms with E-state index in [4.69, 9.17) is 8.22 Å². The zero-order chi connectivity index (χ0) is 33.0. The molecule has 0 fully saturated rings. The van der Waals surface area contributed by atoms with E-state index in [1.54, 1.807) is 24.3 Å². The summed E-state index contributed by atoms with van der Waals surface area (Å²) in [5.74, 6) is -0.716. The zero-order valence-corrected chi connectivity index (χ0v) is 27.0. The van der Waals surface area contributed by atoms with Gasteiger partial charge in [0.25, 0.3) is 0 Å². The molecular weight excluding hydrogens is 679 g/mol. The van der Waals surface area contributed by atoms with Gasteiger partial charge in [0, 0.05) is 14.4 Å². The molecule has 0 saturated carbocycles. The zero-order valence-electron chi connectivity index (χ0n) is 29.6. The molecule has 0 aliphatic rings. The molecule has 0 spiro atoms. The first kappa shape index (κ1) is 23.6. The molecule has 0 unspecified atom stereocenters. The molecule has 1 aromatic heterocycles. The summed E-state index contributed by atoms with van der Waals surface area (Å²) in [4.78, 5) is 4.56. The quantitative estimate of drug-likeness (QED) is 0.126. The van der Waals surface area contributed by atoms with Crippen LogP contribution in [0, 0.1) is 25.1 Å². The van der Waals surface area contributed by atoms with Gasteiger partial charge < -0.3 is 4.98 Å². The molecule has 3 heteroatoms. The normalized spacial score (nSPS) is 14.0. The van der Waals surface area contributed by atoms with Crippen LogP contribution in [0.25, 0.3) is 22.4 Å². The van der Waals surface area contributed by atoms with Crippen LogP contribution in [-0.2, 0) is 26.5 Å². The summed E-state index contributed by atoms with van der Waals surface area (Å²) in [6.07, 6.45) is 0.360. The van der Waals surface area contributed by atoms with Crippen LogP contribution in [-0.4, -0.2) is 13.1 Å². The Bertz CT molecular complexity index is 1710. The number of hydrogen-bond donors (Lipinski definition) is 0. The Balaban J connectivity index is 0.000000247. The Morgan fingerprint density at radius 3 is 2.20 bits per heavy atom. The van der Waals surface area contributed by atoms with Gasteiger partial charge in [0.1, 0.15) is 0 Å². The van der Waals surface area contributed by atoms with E-state index in [1.807, 2.05) is 86.8 Å². The van der Waals surface area contributed by atoms with Gasteiger partial charge in [-0.2, -0.15) is 42.5 Å². The summed E-state index contributed by atoms with van der Waals surface area (Å²) in [5.41, 5.74) is 5.78. The van der Waals surface area contributed by atoms with Gasteiger partial charge in [-0.1, -0.05) is 82.3 Å². The Labute approximate surface area is 264 Å². The van der Waals surface area contributed by atoms with E-state index < -0.39 is 27.2 Å². The fourth-order valence-electron chi connectivity index (χ4n) is 4.15. The maximum atomic E-state index is 8.48. The first-order valence-corrected chi connectivity index (χ1v) is 16.6. The summed E-state index contributed by atoms with van der Waals surface area (Å²) in [5, 5.41) is 1.19. The average Bonchev–Trinajstić information content (AvgIpc) is 3.01. The predicted octanol–water partition coefficient (Wildman–Crippen LogP) is 9.07. The molecule has 204 valence electrons. The van der Waals surface area contributed by atoms with E-state index in [0.717, 1.165) is 27.9 Å². The SMILES string of the molecule is [2H]C([2H])([2H])c1c[c-]c(-c2cc(C([2H])(C)C)c([Si](C)(C)C)cn2)cc1.[2H]C([2H])(c1ccccc1)c1cc[c-]c(-c2[c-]cccc2)c1.[Ir+3]. The summed E-state index contributed by atoms with van der Waals surface area (Å²) >= 11 is 0. The van der Waals surface area contributed by atoms with E-state index in [1.165, 1.54) is 11.3 Å². The van der Waals surface area contributed by atoms with Crippen LogP contribution in [0.1, 0.15) is 50.2 Å². The second-order valence-electron chi connectivity index (χ2n) is 10.6. The maximum absolute atomic E-state index is 8.48. The van der Waals surface area contributed by atoms with Crippen molar-refractivity contribution >= 4 is 13.3 Å². The number of hydrogen-bond acceptors (Lipinski definition) is 1. The van der Waals surface area contributed by atoms with Gasteiger partial charge in [-0.05, 0) is 28.7 Å². The van der Waals surface area contributed by atoms with Gasteiger partial charge in [0.2, 0.25) is 0 Å². The average molecular weight is 723 g/mol. The predicted molar refractivity (Wildman–Crippen MR) is 169 cm³/mol. The molecule has 0 radical (unpaired) electrons. The van der Waals surface area contributed by atoms with Crippen molar-refractivity contribution in [1.29, 1.82) is 0 Å². The van der Waals surface area contributed by atoms with Crippen molar-refractivity contribution in [2.75, 3.05) is 0 Å². The number of rotatable bonds is 6. The molecule has 0 atom stereocenters. The van der Waals surface area contributed by atoms with Crippen LogP contribution in [0.5, 0.6) is 0 Å². The van der Waals surface area contributed by atoms with Crippen LogP contribution < -0.4 is 5.19 Å². The number of nitrogens with zero attached hydrogens (tertiary/aromatic N) is 1. The van der Waals surface area contributed by atoms with E-state index in [0.29, 0.717) is 11.1 Å². The number of pyridine rings is 1. The van der Waals surface area contributed by atoms with Gasteiger partial charge in [-0.25, -0.2) is 11.1 Å². The van der Waals surface area contributed by atoms with Gasteiger partial charge in [0.15, 0.2) is 0 Å². The monoisotopic (exact) mass is 723 g/mol. The van der Waals surface area contributed by atoms with Crippen molar-refractivity contribution in [1.82, 2.24) is 4.98 Å². The molecule has 5 rings (SSSR count). The second-order valence-corrected chi connectivity index (χ2v) is 15.7. The summed E-state index contributed by atoms with van der Waals surface area (Å²) in [6.45, 7) is 8.38. The van der Waals surface area contributed by atoms with E-state index in [2.05, 4.69) is 42.8 Å². The Morgan fingerprint density at radius 2 is 1.57 bits per heavy atom. The van der Waals surface area contributed by atoms with E-state index in [9.17, 15) is 0 Å². The molecule has 0 aliphatic heterocycles. The Morgan fingerprint density at radius 1 is 0.825 bits per heavy atom. The molecule has 0 saturated heterocycles. The summed E-state index contributed by atoms with van der Waals surface area (Å²) in [6, 6.07) is 38.4. The minimum absolute atomic E-state index is 0. The van der Waals surface area contributed by atoms with Gasteiger partial charge in [-0.15, -0.1) is 53.1 Å². The first-order chi connectivity index (χ1) is 21.0. The maximum Gasteiger partial charge on any atom is 3.00 e. The van der Waals surface area contributed by atoms with Crippen LogP contribution in [0.4, 0.5) is 0 Å². The minimum Gasteiger partial charge on any atom is -0.305 e. The topological polar surface area (TPSA) is 12.9 Å². The van der Waals surface area contributed by atoms with Gasteiger partial charge in [-0.3, -0.25) is 0 Å². The smallest absolute Gasteiger partial charge is 0.305 e.